The zero-order valence-electron chi connectivity index (χ0n) is 10.6. The molecule has 1 aliphatic rings. The van der Waals surface area contributed by atoms with Crippen LogP contribution in [0.3, 0.4) is 0 Å². The average Bonchev–Trinajstić information content (AvgIpc) is 2.84. The molecule has 2 unspecified atom stereocenters. The van der Waals surface area contributed by atoms with Crippen LogP contribution in [-0.4, -0.2) is 35.7 Å². The molecular weight excluding hydrogens is 234 g/mol. The lowest BCUT2D eigenvalue weighted by Crippen LogP contribution is -2.40. The van der Waals surface area contributed by atoms with Crippen molar-refractivity contribution in [1.29, 1.82) is 0 Å². The van der Waals surface area contributed by atoms with Gasteiger partial charge in [-0.3, -0.25) is 4.79 Å². The first kappa shape index (κ1) is 14.7. The van der Waals surface area contributed by atoms with Crippen LogP contribution in [-0.2, 0) is 14.3 Å². The van der Waals surface area contributed by atoms with Gasteiger partial charge >= 0.3 is 5.97 Å². The summed E-state index contributed by atoms with van der Waals surface area (Å²) in [5.74, 6) is -1.22. The van der Waals surface area contributed by atoms with Crippen LogP contribution in [0.5, 0.6) is 0 Å². The van der Waals surface area contributed by atoms with E-state index in [0.717, 1.165) is 19.4 Å². The molecule has 1 aliphatic heterocycles. The standard InChI is InChI=1S/C13H21NO4/c1-2-3-6-11(13(16)17)14-12(15)8-7-10-5-4-9-18-10/h2,10-11H,1,3-9H2,(H,14,15)(H,16,17). The van der Waals surface area contributed by atoms with Crippen LogP contribution in [0.1, 0.15) is 38.5 Å². The van der Waals surface area contributed by atoms with Crippen molar-refractivity contribution < 1.29 is 19.4 Å². The Morgan fingerprint density at radius 1 is 1.56 bits per heavy atom. The third-order valence-electron chi connectivity index (χ3n) is 3.01. The van der Waals surface area contributed by atoms with Crippen LogP contribution in [0, 0.1) is 0 Å². The molecule has 5 nitrogen and oxygen atoms in total. The van der Waals surface area contributed by atoms with E-state index in [4.69, 9.17) is 9.84 Å². The molecule has 0 saturated carbocycles. The van der Waals surface area contributed by atoms with E-state index in [1.165, 1.54) is 0 Å². The van der Waals surface area contributed by atoms with Crippen LogP contribution < -0.4 is 5.32 Å². The lowest BCUT2D eigenvalue weighted by molar-refractivity contribution is -0.142. The SMILES string of the molecule is C=CCCC(NC(=O)CCC1CCCO1)C(=O)O. The van der Waals surface area contributed by atoms with Gasteiger partial charge in [0.15, 0.2) is 0 Å². The highest BCUT2D eigenvalue weighted by molar-refractivity contribution is 5.83. The maximum atomic E-state index is 11.6. The first-order valence-electron chi connectivity index (χ1n) is 6.38. The summed E-state index contributed by atoms with van der Waals surface area (Å²) in [5, 5.41) is 11.5. The summed E-state index contributed by atoms with van der Waals surface area (Å²) in [7, 11) is 0. The summed E-state index contributed by atoms with van der Waals surface area (Å²) in [5.41, 5.74) is 0. The Labute approximate surface area is 107 Å². The molecule has 0 spiro atoms. The Morgan fingerprint density at radius 2 is 2.33 bits per heavy atom. The van der Waals surface area contributed by atoms with E-state index in [2.05, 4.69) is 11.9 Å². The van der Waals surface area contributed by atoms with E-state index in [0.29, 0.717) is 25.7 Å². The van der Waals surface area contributed by atoms with E-state index in [9.17, 15) is 9.59 Å². The minimum absolute atomic E-state index is 0.159. The van der Waals surface area contributed by atoms with Crippen LogP contribution in [0.2, 0.25) is 0 Å². The molecular formula is C13H21NO4. The molecule has 1 rings (SSSR count). The van der Waals surface area contributed by atoms with Gasteiger partial charge in [0.25, 0.3) is 0 Å². The molecule has 5 heteroatoms. The molecule has 0 bridgehead atoms. The van der Waals surface area contributed by atoms with Crippen LogP contribution in [0.4, 0.5) is 0 Å². The van der Waals surface area contributed by atoms with E-state index in [1.54, 1.807) is 6.08 Å². The van der Waals surface area contributed by atoms with Crippen molar-refractivity contribution in [3.05, 3.63) is 12.7 Å². The van der Waals surface area contributed by atoms with Gasteiger partial charge in [0.2, 0.25) is 5.91 Å². The van der Waals surface area contributed by atoms with Gasteiger partial charge in [-0.05, 0) is 32.1 Å². The third-order valence-corrected chi connectivity index (χ3v) is 3.01. The van der Waals surface area contributed by atoms with Crippen LogP contribution in [0.15, 0.2) is 12.7 Å². The second-order valence-corrected chi connectivity index (χ2v) is 4.50. The number of hydrogen-bond donors (Lipinski definition) is 2. The number of allylic oxidation sites excluding steroid dienone is 1. The number of hydrogen-bond acceptors (Lipinski definition) is 3. The highest BCUT2D eigenvalue weighted by atomic mass is 16.5. The molecule has 0 aromatic rings. The summed E-state index contributed by atoms with van der Waals surface area (Å²) in [6.07, 6.45) is 5.78. The first-order chi connectivity index (χ1) is 8.63. The molecule has 1 fully saturated rings. The fraction of sp³-hybridized carbons (Fsp3) is 0.692. The van der Waals surface area contributed by atoms with Gasteiger partial charge in [0.05, 0.1) is 6.10 Å². The monoisotopic (exact) mass is 255 g/mol. The minimum Gasteiger partial charge on any atom is -0.480 e. The Balaban J connectivity index is 2.26. The van der Waals surface area contributed by atoms with E-state index < -0.39 is 12.0 Å². The molecule has 0 aromatic carbocycles. The zero-order valence-corrected chi connectivity index (χ0v) is 10.6. The summed E-state index contributed by atoms with van der Waals surface area (Å²) >= 11 is 0. The number of carboxylic acid groups (broad SMARTS) is 1. The van der Waals surface area contributed by atoms with Gasteiger partial charge in [-0.25, -0.2) is 4.79 Å². The lowest BCUT2D eigenvalue weighted by Gasteiger charge is -2.14. The number of ether oxygens (including phenoxy) is 1. The van der Waals surface area contributed by atoms with Crippen molar-refractivity contribution in [3.8, 4) is 0 Å². The molecule has 1 saturated heterocycles. The summed E-state index contributed by atoms with van der Waals surface area (Å²) in [6, 6.07) is -0.819. The molecule has 102 valence electrons. The predicted octanol–water partition coefficient (Wildman–Crippen LogP) is 1.48. The van der Waals surface area contributed by atoms with Crippen molar-refractivity contribution in [2.45, 2.75) is 50.7 Å². The highest BCUT2D eigenvalue weighted by Gasteiger charge is 2.21. The maximum Gasteiger partial charge on any atom is 0.326 e. The topological polar surface area (TPSA) is 75.6 Å². The van der Waals surface area contributed by atoms with Gasteiger partial charge in [0, 0.05) is 13.0 Å². The van der Waals surface area contributed by atoms with E-state index in [-0.39, 0.29) is 12.0 Å². The van der Waals surface area contributed by atoms with E-state index in [1.807, 2.05) is 0 Å². The van der Waals surface area contributed by atoms with Gasteiger partial charge in [-0.15, -0.1) is 6.58 Å². The second kappa shape index (κ2) is 7.87. The number of rotatable bonds is 8. The number of amides is 1. The molecule has 0 radical (unpaired) electrons. The van der Waals surface area contributed by atoms with Gasteiger partial charge < -0.3 is 15.2 Å². The Kier molecular flexibility index (Phi) is 6.43. The normalized spacial score (nSPS) is 20.3. The predicted molar refractivity (Wildman–Crippen MR) is 67.2 cm³/mol. The fourth-order valence-electron chi connectivity index (χ4n) is 1.97. The average molecular weight is 255 g/mol. The minimum atomic E-state index is -0.998. The summed E-state index contributed by atoms with van der Waals surface area (Å²) in [4.78, 5) is 22.5. The smallest absolute Gasteiger partial charge is 0.326 e. The van der Waals surface area contributed by atoms with Gasteiger partial charge in [-0.2, -0.15) is 0 Å². The first-order valence-corrected chi connectivity index (χ1v) is 6.38. The Hall–Kier alpha value is -1.36. The summed E-state index contributed by atoms with van der Waals surface area (Å²) in [6.45, 7) is 4.30. The van der Waals surface area contributed by atoms with Gasteiger partial charge in [0.1, 0.15) is 6.04 Å². The van der Waals surface area contributed by atoms with E-state index >= 15 is 0 Å². The molecule has 18 heavy (non-hydrogen) atoms. The molecule has 2 N–H and O–H groups in total. The third kappa shape index (κ3) is 5.31. The lowest BCUT2D eigenvalue weighted by atomic mass is 10.1. The second-order valence-electron chi connectivity index (χ2n) is 4.50. The number of carbonyl (C=O) groups excluding carboxylic acids is 1. The van der Waals surface area contributed by atoms with Crippen LogP contribution in [0.25, 0.3) is 0 Å². The molecule has 2 atom stereocenters. The number of nitrogens with one attached hydrogen (secondary N) is 1. The Bertz CT molecular complexity index is 297. The molecule has 1 amide bonds. The van der Waals surface area contributed by atoms with Crippen LogP contribution >= 0.6 is 0 Å². The molecule has 1 heterocycles. The number of aliphatic carboxylic acids is 1. The van der Waals surface area contributed by atoms with Crippen molar-refractivity contribution >= 4 is 11.9 Å². The Morgan fingerprint density at radius 3 is 2.89 bits per heavy atom. The summed E-state index contributed by atoms with van der Waals surface area (Å²) < 4.78 is 5.41. The van der Waals surface area contributed by atoms with Crippen molar-refractivity contribution in [3.63, 3.8) is 0 Å². The number of carboxylic acids is 1. The largest absolute Gasteiger partial charge is 0.480 e. The van der Waals surface area contributed by atoms with Crippen molar-refractivity contribution in [2.75, 3.05) is 6.61 Å². The quantitative estimate of drug-likeness (QED) is 0.644. The highest BCUT2D eigenvalue weighted by Crippen LogP contribution is 2.16. The van der Waals surface area contributed by atoms with Gasteiger partial charge in [-0.1, -0.05) is 6.08 Å². The van der Waals surface area contributed by atoms with Crippen molar-refractivity contribution in [2.24, 2.45) is 0 Å². The fourth-order valence-corrected chi connectivity index (χ4v) is 1.97. The maximum absolute atomic E-state index is 11.6. The zero-order chi connectivity index (χ0) is 13.4. The number of carbonyl (C=O) groups is 2. The molecule has 0 aliphatic carbocycles. The molecule has 0 aromatic heterocycles. The van der Waals surface area contributed by atoms with Crippen molar-refractivity contribution in [1.82, 2.24) is 5.32 Å².